The first-order chi connectivity index (χ1) is 10.1. The second-order valence-corrected chi connectivity index (χ2v) is 9.82. The molecule has 1 aliphatic heterocycles. The lowest BCUT2D eigenvalue weighted by molar-refractivity contribution is 0.243. The molecule has 1 aromatic carbocycles. The molecule has 2 N–H and O–H groups in total. The SMILES string of the molecule is C[C@@H](N)[C@H]1CCCN(S(=O)(=O)c2ccc(S(C)(=O)=O)cc2)C1. The van der Waals surface area contributed by atoms with Gasteiger partial charge in [0.1, 0.15) is 0 Å². The third-order valence-corrected chi connectivity index (χ3v) is 7.06. The summed E-state index contributed by atoms with van der Waals surface area (Å²) in [6.07, 6.45) is 2.80. The Morgan fingerprint density at radius 2 is 1.68 bits per heavy atom. The van der Waals surface area contributed by atoms with Gasteiger partial charge in [0.25, 0.3) is 0 Å². The Hall–Kier alpha value is -0.960. The predicted octanol–water partition coefficient (Wildman–Crippen LogP) is 0.838. The molecule has 0 aliphatic carbocycles. The standard InChI is InChI=1S/C14H22N2O4S2/c1-11(15)12-4-3-9-16(10-12)22(19,20)14-7-5-13(6-8-14)21(2,17)18/h5-8,11-12H,3-4,9-10,15H2,1-2H3/t11-,12+/m1/s1. The Morgan fingerprint density at radius 1 is 1.14 bits per heavy atom. The topological polar surface area (TPSA) is 97.5 Å². The van der Waals surface area contributed by atoms with Crippen LogP contribution in [-0.2, 0) is 19.9 Å². The molecule has 22 heavy (non-hydrogen) atoms. The summed E-state index contributed by atoms with van der Waals surface area (Å²) in [5, 5.41) is 0. The van der Waals surface area contributed by atoms with Gasteiger partial charge < -0.3 is 5.73 Å². The van der Waals surface area contributed by atoms with E-state index in [1.165, 1.54) is 28.6 Å². The number of rotatable bonds is 4. The first-order valence-corrected chi connectivity index (χ1v) is 10.5. The van der Waals surface area contributed by atoms with Crippen LogP contribution < -0.4 is 5.73 Å². The summed E-state index contributed by atoms with van der Waals surface area (Å²) in [6, 6.07) is 5.30. The largest absolute Gasteiger partial charge is 0.328 e. The summed E-state index contributed by atoms with van der Waals surface area (Å²) >= 11 is 0. The van der Waals surface area contributed by atoms with E-state index in [9.17, 15) is 16.8 Å². The first kappa shape index (κ1) is 17.4. The number of hydrogen-bond acceptors (Lipinski definition) is 5. The van der Waals surface area contributed by atoms with Gasteiger partial charge >= 0.3 is 0 Å². The lowest BCUT2D eigenvalue weighted by Crippen LogP contribution is -2.44. The molecule has 1 aliphatic rings. The van der Waals surface area contributed by atoms with Crippen molar-refractivity contribution in [3.05, 3.63) is 24.3 Å². The molecular weight excluding hydrogens is 324 g/mol. The number of hydrogen-bond donors (Lipinski definition) is 1. The van der Waals surface area contributed by atoms with E-state index < -0.39 is 19.9 Å². The fourth-order valence-electron chi connectivity index (χ4n) is 2.63. The fourth-order valence-corrected chi connectivity index (χ4v) is 4.80. The minimum atomic E-state index is -3.61. The van der Waals surface area contributed by atoms with Gasteiger partial charge in [-0.1, -0.05) is 0 Å². The molecule has 1 fully saturated rings. The van der Waals surface area contributed by atoms with Gasteiger partial charge in [-0.2, -0.15) is 4.31 Å². The van der Waals surface area contributed by atoms with E-state index in [0.29, 0.717) is 13.1 Å². The molecule has 2 atom stereocenters. The number of nitrogens with two attached hydrogens (primary N) is 1. The molecule has 0 bridgehead atoms. The number of sulfone groups is 1. The van der Waals surface area contributed by atoms with Gasteiger partial charge in [-0.05, 0) is 49.9 Å². The quantitative estimate of drug-likeness (QED) is 0.871. The molecule has 8 heteroatoms. The van der Waals surface area contributed by atoms with Crippen molar-refractivity contribution in [1.82, 2.24) is 4.31 Å². The molecule has 0 radical (unpaired) electrons. The number of sulfonamides is 1. The lowest BCUT2D eigenvalue weighted by Gasteiger charge is -2.33. The van der Waals surface area contributed by atoms with Gasteiger partial charge in [0.05, 0.1) is 9.79 Å². The van der Waals surface area contributed by atoms with Gasteiger partial charge in [0, 0.05) is 25.4 Å². The molecule has 1 saturated heterocycles. The highest BCUT2D eigenvalue weighted by Crippen LogP contribution is 2.25. The van der Waals surface area contributed by atoms with Crippen LogP contribution in [0.25, 0.3) is 0 Å². The van der Waals surface area contributed by atoms with E-state index in [4.69, 9.17) is 5.73 Å². The van der Waals surface area contributed by atoms with Crippen molar-refractivity contribution in [1.29, 1.82) is 0 Å². The molecule has 0 unspecified atom stereocenters. The highest BCUT2D eigenvalue weighted by atomic mass is 32.2. The Kier molecular flexibility index (Phi) is 4.96. The van der Waals surface area contributed by atoms with Gasteiger partial charge in [0.15, 0.2) is 9.84 Å². The maximum atomic E-state index is 12.7. The van der Waals surface area contributed by atoms with Crippen LogP contribution >= 0.6 is 0 Å². The summed E-state index contributed by atoms with van der Waals surface area (Å²) < 4.78 is 49.6. The van der Waals surface area contributed by atoms with Gasteiger partial charge in [-0.25, -0.2) is 16.8 Å². The second-order valence-electron chi connectivity index (χ2n) is 5.87. The van der Waals surface area contributed by atoms with Crippen molar-refractivity contribution in [2.45, 2.75) is 35.6 Å². The molecule has 0 spiro atoms. The third kappa shape index (κ3) is 3.68. The van der Waals surface area contributed by atoms with E-state index in [2.05, 4.69) is 0 Å². The maximum absolute atomic E-state index is 12.7. The van der Waals surface area contributed by atoms with Crippen LogP contribution in [0.3, 0.4) is 0 Å². The van der Waals surface area contributed by atoms with Crippen molar-refractivity contribution in [3.8, 4) is 0 Å². The van der Waals surface area contributed by atoms with Crippen molar-refractivity contribution in [2.24, 2.45) is 11.7 Å². The molecule has 6 nitrogen and oxygen atoms in total. The average Bonchev–Trinajstić information content (AvgIpc) is 2.46. The molecular formula is C14H22N2O4S2. The van der Waals surface area contributed by atoms with Crippen LogP contribution in [0.4, 0.5) is 0 Å². The van der Waals surface area contributed by atoms with E-state index in [-0.39, 0.29) is 21.8 Å². The zero-order valence-electron chi connectivity index (χ0n) is 12.8. The van der Waals surface area contributed by atoms with Crippen LogP contribution in [0.5, 0.6) is 0 Å². The highest BCUT2D eigenvalue weighted by molar-refractivity contribution is 7.90. The van der Waals surface area contributed by atoms with Crippen LogP contribution in [0.2, 0.25) is 0 Å². The van der Waals surface area contributed by atoms with Crippen molar-refractivity contribution >= 4 is 19.9 Å². The minimum absolute atomic E-state index is 0.0504. The van der Waals surface area contributed by atoms with Crippen molar-refractivity contribution < 1.29 is 16.8 Å². The van der Waals surface area contributed by atoms with Gasteiger partial charge in [-0.3, -0.25) is 0 Å². The summed E-state index contributed by atoms with van der Waals surface area (Å²) in [7, 11) is -6.94. The van der Waals surface area contributed by atoms with E-state index in [0.717, 1.165) is 19.1 Å². The fraction of sp³-hybridized carbons (Fsp3) is 0.571. The van der Waals surface area contributed by atoms with Crippen LogP contribution in [0, 0.1) is 5.92 Å². The summed E-state index contributed by atoms with van der Waals surface area (Å²) in [5.74, 6) is 0.152. The zero-order chi connectivity index (χ0) is 16.5. The summed E-state index contributed by atoms with van der Waals surface area (Å²) in [4.78, 5) is 0.226. The third-order valence-electron chi connectivity index (χ3n) is 4.05. The van der Waals surface area contributed by atoms with E-state index in [1.54, 1.807) is 0 Å². The van der Waals surface area contributed by atoms with Crippen LogP contribution in [-0.4, -0.2) is 46.5 Å². The average molecular weight is 346 g/mol. The Labute approximate surface area is 132 Å². The first-order valence-electron chi connectivity index (χ1n) is 7.18. The van der Waals surface area contributed by atoms with Crippen molar-refractivity contribution in [3.63, 3.8) is 0 Å². The normalized spacial score (nSPS) is 22.4. The Bertz CT molecular complexity index is 725. The number of piperidine rings is 1. The minimum Gasteiger partial charge on any atom is -0.328 e. The number of nitrogens with zero attached hydrogens (tertiary/aromatic N) is 1. The van der Waals surface area contributed by atoms with Crippen LogP contribution in [0.15, 0.2) is 34.1 Å². The van der Waals surface area contributed by atoms with Gasteiger partial charge in [0.2, 0.25) is 10.0 Å². The maximum Gasteiger partial charge on any atom is 0.243 e. The van der Waals surface area contributed by atoms with Gasteiger partial charge in [-0.15, -0.1) is 0 Å². The van der Waals surface area contributed by atoms with E-state index in [1.807, 2.05) is 6.92 Å². The van der Waals surface area contributed by atoms with Crippen LogP contribution in [0.1, 0.15) is 19.8 Å². The highest BCUT2D eigenvalue weighted by Gasteiger charge is 2.31. The van der Waals surface area contributed by atoms with E-state index >= 15 is 0 Å². The summed E-state index contributed by atoms with van der Waals surface area (Å²) in [6.45, 7) is 2.77. The summed E-state index contributed by atoms with van der Waals surface area (Å²) in [5.41, 5.74) is 5.89. The molecule has 0 amide bonds. The Morgan fingerprint density at radius 3 is 2.18 bits per heavy atom. The zero-order valence-corrected chi connectivity index (χ0v) is 14.4. The number of benzene rings is 1. The molecule has 1 aromatic rings. The Balaban J connectivity index is 2.26. The molecule has 0 aromatic heterocycles. The molecule has 124 valence electrons. The molecule has 2 rings (SSSR count). The lowest BCUT2D eigenvalue weighted by atomic mass is 9.93. The molecule has 1 heterocycles. The second kappa shape index (κ2) is 6.27. The van der Waals surface area contributed by atoms with Crippen molar-refractivity contribution in [2.75, 3.05) is 19.3 Å². The smallest absolute Gasteiger partial charge is 0.243 e. The molecule has 0 saturated carbocycles. The predicted molar refractivity (Wildman–Crippen MR) is 84.7 cm³/mol. The monoisotopic (exact) mass is 346 g/mol.